The minimum absolute atomic E-state index is 0.661. The molecule has 3 atom stereocenters. The van der Waals surface area contributed by atoms with Gasteiger partial charge in [0.15, 0.2) is 0 Å². The normalized spacial score (nSPS) is 27.3. The molecule has 0 radical (unpaired) electrons. The second-order valence-corrected chi connectivity index (χ2v) is 7.56. The van der Waals surface area contributed by atoms with Gasteiger partial charge in [-0.3, -0.25) is 0 Å². The molecule has 1 saturated carbocycles. The van der Waals surface area contributed by atoms with Gasteiger partial charge in [0.1, 0.15) is 5.75 Å². The van der Waals surface area contributed by atoms with E-state index in [9.17, 15) is 0 Å². The summed E-state index contributed by atoms with van der Waals surface area (Å²) in [7, 11) is 1.73. The highest BCUT2D eigenvalue weighted by atomic mass is 79.9. The molecular weight excluding hydrogens is 368 g/mol. The monoisotopic (exact) mass is 388 g/mol. The summed E-state index contributed by atoms with van der Waals surface area (Å²) in [4.78, 5) is 0.661. The van der Waals surface area contributed by atoms with Gasteiger partial charge in [0, 0.05) is 9.30 Å². The van der Waals surface area contributed by atoms with Crippen molar-refractivity contribution in [3.8, 4) is 5.75 Å². The van der Waals surface area contributed by atoms with Gasteiger partial charge in [-0.25, -0.2) is 0 Å². The van der Waals surface area contributed by atoms with E-state index in [-0.39, 0.29) is 0 Å². The zero-order valence-electron chi connectivity index (χ0n) is 11.7. The summed E-state index contributed by atoms with van der Waals surface area (Å²) in [5.74, 6) is 2.59. The summed E-state index contributed by atoms with van der Waals surface area (Å²) in [6.07, 6.45) is 6.47. The van der Waals surface area contributed by atoms with Gasteiger partial charge in [-0.2, -0.15) is 0 Å². The van der Waals surface area contributed by atoms with Crippen LogP contribution in [0.2, 0.25) is 0 Å². The fourth-order valence-corrected chi connectivity index (χ4v) is 4.10. The van der Waals surface area contributed by atoms with Crippen LogP contribution in [0.25, 0.3) is 0 Å². The van der Waals surface area contributed by atoms with E-state index in [1.165, 1.54) is 35.7 Å². The highest BCUT2D eigenvalue weighted by Crippen LogP contribution is 2.38. The Morgan fingerprint density at radius 1 is 1.32 bits per heavy atom. The Labute approximate surface area is 133 Å². The van der Waals surface area contributed by atoms with Crippen molar-refractivity contribution < 1.29 is 4.74 Å². The number of alkyl halides is 1. The van der Waals surface area contributed by atoms with Gasteiger partial charge in [-0.1, -0.05) is 45.2 Å². The van der Waals surface area contributed by atoms with Crippen LogP contribution in [-0.2, 0) is 6.42 Å². The van der Waals surface area contributed by atoms with E-state index in [0.29, 0.717) is 4.83 Å². The van der Waals surface area contributed by atoms with Crippen LogP contribution in [-0.4, -0.2) is 11.9 Å². The van der Waals surface area contributed by atoms with Gasteiger partial charge < -0.3 is 4.74 Å². The minimum Gasteiger partial charge on any atom is -0.497 e. The summed E-state index contributed by atoms with van der Waals surface area (Å²) in [6, 6.07) is 6.27. The lowest BCUT2D eigenvalue weighted by atomic mass is 9.77. The molecule has 0 spiro atoms. The molecule has 3 unspecified atom stereocenters. The lowest BCUT2D eigenvalue weighted by Gasteiger charge is -2.33. The van der Waals surface area contributed by atoms with E-state index in [4.69, 9.17) is 4.74 Å². The number of hydrogen-bond acceptors (Lipinski definition) is 1. The highest BCUT2D eigenvalue weighted by Gasteiger charge is 2.28. The molecule has 1 aromatic rings. The highest BCUT2D eigenvalue weighted by molar-refractivity contribution is 9.10. The summed E-state index contributed by atoms with van der Waals surface area (Å²) in [6.45, 7) is 2.32. The molecule has 1 fully saturated rings. The second-order valence-electron chi connectivity index (χ2n) is 5.52. The average molecular weight is 390 g/mol. The Hall–Kier alpha value is -0.0200. The largest absolute Gasteiger partial charge is 0.497 e. The van der Waals surface area contributed by atoms with E-state index in [1.807, 2.05) is 6.07 Å². The molecule has 0 saturated heterocycles. The molecule has 0 heterocycles. The van der Waals surface area contributed by atoms with Gasteiger partial charge in [0.05, 0.1) is 7.11 Å². The van der Waals surface area contributed by atoms with E-state index in [1.54, 1.807) is 7.11 Å². The molecule has 0 N–H and O–H groups in total. The molecule has 19 heavy (non-hydrogen) atoms. The van der Waals surface area contributed by atoms with E-state index in [0.717, 1.165) is 24.0 Å². The molecular formula is C16H22Br2O. The molecule has 0 bridgehead atoms. The van der Waals surface area contributed by atoms with Crippen LogP contribution in [0.15, 0.2) is 22.7 Å². The van der Waals surface area contributed by atoms with Crippen molar-refractivity contribution in [1.82, 2.24) is 0 Å². The van der Waals surface area contributed by atoms with Gasteiger partial charge in [-0.15, -0.1) is 0 Å². The zero-order chi connectivity index (χ0) is 13.8. The minimum atomic E-state index is 0.661. The first-order valence-corrected chi connectivity index (χ1v) is 8.81. The Kier molecular flexibility index (Phi) is 5.76. The van der Waals surface area contributed by atoms with Crippen LogP contribution < -0.4 is 4.74 Å². The number of halogens is 2. The van der Waals surface area contributed by atoms with Crippen molar-refractivity contribution >= 4 is 31.9 Å². The fraction of sp³-hybridized carbons (Fsp3) is 0.625. The van der Waals surface area contributed by atoms with Crippen LogP contribution >= 0.6 is 31.9 Å². The number of benzene rings is 1. The van der Waals surface area contributed by atoms with Crippen molar-refractivity contribution in [2.75, 3.05) is 7.11 Å². The molecule has 106 valence electrons. The van der Waals surface area contributed by atoms with Crippen LogP contribution in [0.4, 0.5) is 0 Å². The Bertz CT molecular complexity index is 419. The number of rotatable bonds is 4. The molecule has 1 nitrogen and oxygen atoms in total. The summed E-state index contributed by atoms with van der Waals surface area (Å²) < 4.78 is 6.54. The first kappa shape index (κ1) is 15.4. The van der Waals surface area contributed by atoms with Crippen LogP contribution in [0, 0.1) is 11.8 Å². The van der Waals surface area contributed by atoms with E-state index in [2.05, 4.69) is 50.9 Å². The summed E-state index contributed by atoms with van der Waals surface area (Å²) >= 11 is 7.55. The maximum absolute atomic E-state index is 5.34. The number of methoxy groups -OCH3 is 1. The Morgan fingerprint density at radius 3 is 2.79 bits per heavy atom. The molecule has 1 aromatic carbocycles. The quantitative estimate of drug-likeness (QED) is 0.609. The smallest absolute Gasteiger partial charge is 0.119 e. The van der Waals surface area contributed by atoms with E-state index < -0.39 is 0 Å². The summed E-state index contributed by atoms with van der Waals surface area (Å²) in [5.41, 5.74) is 1.37. The van der Waals surface area contributed by atoms with Crippen molar-refractivity contribution in [3.05, 3.63) is 28.2 Å². The predicted molar refractivity (Wildman–Crippen MR) is 88.2 cm³/mol. The Balaban J connectivity index is 2.10. The zero-order valence-corrected chi connectivity index (χ0v) is 14.8. The lowest BCUT2D eigenvalue weighted by molar-refractivity contribution is 0.270. The van der Waals surface area contributed by atoms with Gasteiger partial charge in [0.2, 0.25) is 0 Å². The molecule has 2 rings (SSSR count). The van der Waals surface area contributed by atoms with Gasteiger partial charge >= 0.3 is 0 Å². The van der Waals surface area contributed by atoms with Crippen molar-refractivity contribution in [2.24, 2.45) is 11.8 Å². The number of hydrogen-bond donors (Lipinski definition) is 0. The standard InChI is InChI=1S/C16H22Br2O/c1-3-11-4-6-15(17)12(8-11)9-13-10-14(19-2)5-7-16(13)18/h5,7,10-12,15H,3-4,6,8-9H2,1-2H3. The molecule has 0 amide bonds. The molecule has 1 aliphatic carbocycles. The van der Waals surface area contributed by atoms with Crippen LogP contribution in [0.5, 0.6) is 5.75 Å². The first-order valence-electron chi connectivity index (χ1n) is 7.10. The second kappa shape index (κ2) is 7.12. The Morgan fingerprint density at radius 2 is 2.11 bits per heavy atom. The fourth-order valence-electron chi connectivity index (χ4n) is 3.02. The maximum atomic E-state index is 5.34. The third-order valence-electron chi connectivity index (χ3n) is 4.31. The lowest BCUT2D eigenvalue weighted by Crippen LogP contribution is -2.26. The molecule has 1 aliphatic rings. The van der Waals surface area contributed by atoms with Gasteiger partial charge in [-0.05, 0) is 61.3 Å². The number of ether oxygens (including phenoxy) is 1. The molecule has 3 heteroatoms. The maximum Gasteiger partial charge on any atom is 0.119 e. The van der Waals surface area contributed by atoms with Crippen LogP contribution in [0.1, 0.15) is 38.2 Å². The van der Waals surface area contributed by atoms with Crippen molar-refractivity contribution in [1.29, 1.82) is 0 Å². The van der Waals surface area contributed by atoms with Crippen molar-refractivity contribution in [2.45, 2.75) is 43.9 Å². The predicted octanol–water partition coefficient (Wildman–Crippen LogP) is 5.59. The molecule has 0 aliphatic heterocycles. The SMILES string of the molecule is CCC1CCC(Br)C(Cc2cc(OC)ccc2Br)C1. The third-order valence-corrected chi connectivity index (χ3v) is 6.29. The van der Waals surface area contributed by atoms with Crippen LogP contribution in [0.3, 0.4) is 0 Å². The van der Waals surface area contributed by atoms with E-state index >= 15 is 0 Å². The molecule has 0 aromatic heterocycles. The van der Waals surface area contributed by atoms with Crippen molar-refractivity contribution in [3.63, 3.8) is 0 Å². The summed E-state index contributed by atoms with van der Waals surface area (Å²) in [5, 5.41) is 0. The van der Waals surface area contributed by atoms with Gasteiger partial charge in [0.25, 0.3) is 0 Å². The third kappa shape index (κ3) is 3.98. The average Bonchev–Trinajstić information content (AvgIpc) is 2.43. The first-order chi connectivity index (χ1) is 9.13. The topological polar surface area (TPSA) is 9.23 Å².